The highest BCUT2D eigenvalue weighted by Crippen LogP contribution is 2.46. The number of ether oxygens (including phenoxy) is 1. The average Bonchev–Trinajstić information content (AvgIpc) is 2.79. The predicted molar refractivity (Wildman–Crippen MR) is 136 cm³/mol. The van der Waals surface area contributed by atoms with Crippen LogP contribution in [0.25, 0.3) is 0 Å². The molecule has 1 heterocycles. The van der Waals surface area contributed by atoms with Crippen LogP contribution in [-0.4, -0.2) is 32.7 Å². The molecule has 1 saturated carbocycles. The third-order valence-corrected chi connectivity index (χ3v) is 8.56. The normalized spacial score (nSPS) is 19.2. The fraction of sp³-hybridized carbons (Fsp3) is 0.500. The minimum atomic E-state index is -3.51. The Balaban J connectivity index is 1.42. The van der Waals surface area contributed by atoms with Gasteiger partial charge in [-0.3, -0.25) is 9.10 Å². The predicted octanol–water partition coefficient (Wildman–Crippen LogP) is 5.54. The van der Waals surface area contributed by atoms with Gasteiger partial charge in [0.15, 0.2) is 0 Å². The number of hydrogen-bond donors (Lipinski definition) is 1. The Hall–Kier alpha value is -2.25. The largest absolute Gasteiger partial charge is 0.487 e. The molecule has 1 aliphatic carbocycles. The van der Waals surface area contributed by atoms with Gasteiger partial charge in [0.05, 0.1) is 18.0 Å². The lowest BCUT2D eigenvalue weighted by atomic mass is 9.77. The number of carbonyl (C=O) groups excluding carboxylic acids is 1. The minimum Gasteiger partial charge on any atom is -0.487 e. The van der Waals surface area contributed by atoms with Gasteiger partial charge in [0.25, 0.3) is 0 Å². The lowest BCUT2D eigenvalue weighted by molar-refractivity contribution is -0.122. The van der Waals surface area contributed by atoms with Crippen molar-refractivity contribution in [2.45, 2.75) is 69.9 Å². The molecule has 1 N–H and O–H groups in total. The van der Waals surface area contributed by atoms with E-state index in [4.69, 9.17) is 16.3 Å². The first-order chi connectivity index (χ1) is 16.2. The number of benzene rings is 2. The van der Waals surface area contributed by atoms with E-state index >= 15 is 0 Å². The highest BCUT2D eigenvalue weighted by atomic mass is 35.5. The van der Waals surface area contributed by atoms with Crippen molar-refractivity contribution in [2.24, 2.45) is 0 Å². The molecule has 0 aromatic heterocycles. The van der Waals surface area contributed by atoms with Gasteiger partial charge in [0, 0.05) is 30.0 Å². The van der Waals surface area contributed by atoms with E-state index in [-0.39, 0.29) is 30.5 Å². The quantitative estimate of drug-likeness (QED) is 0.537. The van der Waals surface area contributed by atoms with Crippen molar-refractivity contribution < 1.29 is 17.9 Å². The van der Waals surface area contributed by atoms with E-state index in [9.17, 15) is 13.2 Å². The summed E-state index contributed by atoms with van der Waals surface area (Å²) in [6.07, 6.45) is 8.13. The number of rotatable bonds is 7. The third kappa shape index (κ3) is 5.52. The first-order valence-corrected chi connectivity index (χ1v) is 14.2. The van der Waals surface area contributed by atoms with E-state index in [2.05, 4.69) is 5.32 Å². The van der Waals surface area contributed by atoms with E-state index < -0.39 is 10.0 Å². The van der Waals surface area contributed by atoms with E-state index in [0.717, 1.165) is 43.4 Å². The molecule has 6 nitrogen and oxygen atoms in total. The Kier molecular flexibility index (Phi) is 7.43. The zero-order valence-electron chi connectivity index (χ0n) is 19.8. The van der Waals surface area contributed by atoms with Gasteiger partial charge in [-0.2, -0.15) is 0 Å². The number of nitrogens with zero attached hydrogens (tertiary/aromatic N) is 1. The topological polar surface area (TPSA) is 75.7 Å². The van der Waals surface area contributed by atoms with Crippen LogP contribution in [0.2, 0.25) is 5.02 Å². The number of para-hydroxylation sites is 1. The second kappa shape index (κ2) is 10.2. The van der Waals surface area contributed by atoms with Crippen LogP contribution in [0.3, 0.4) is 0 Å². The Bertz CT molecular complexity index is 1150. The molecule has 1 fully saturated rings. The minimum absolute atomic E-state index is 0.0797. The molecule has 1 atom stereocenters. The zero-order chi connectivity index (χ0) is 24.3. The lowest BCUT2D eigenvalue weighted by Gasteiger charge is -2.44. The van der Waals surface area contributed by atoms with Gasteiger partial charge in [-0.05, 0) is 62.8 Å². The van der Waals surface area contributed by atoms with Crippen LogP contribution in [0.4, 0.5) is 5.69 Å². The van der Waals surface area contributed by atoms with Crippen LogP contribution in [-0.2, 0) is 14.8 Å². The van der Waals surface area contributed by atoms with Gasteiger partial charge >= 0.3 is 0 Å². The van der Waals surface area contributed by atoms with Gasteiger partial charge in [-0.15, -0.1) is 0 Å². The fourth-order valence-corrected chi connectivity index (χ4v) is 6.42. The number of carbonyl (C=O) groups is 1. The molecule has 34 heavy (non-hydrogen) atoms. The summed E-state index contributed by atoms with van der Waals surface area (Å²) in [6.45, 7) is 2.01. The first kappa shape index (κ1) is 24.9. The highest BCUT2D eigenvalue weighted by Gasteiger charge is 2.42. The second-order valence-corrected chi connectivity index (χ2v) is 11.8. The number of amides is 1. The molecule has 1 aliphatic heterocycles. The Morgan fingerprint density at radius 3 is 2.62 bits per heavy atom. The maximum absolute atomic E-state index is 12.9. The van der Waals surface area contributed by atoms with Gasteiger partial charge in [0.2, 0.25) is 15.9 Å². The zero-order valence-corrected chi connectivity index (χ0v) is 21.4. The molecule has 1 spiro atoms. The fourth-order valence-electron chi connectivity index (χ4n) is 5.23. The van der Waals surface area contributed by atoms with Gasteiger partial charge in [-0.25, -0.2) is 8.42 Å². The summed E-state index contributed by atoms with van der Waals surface area (Å²) in [5, 5.41) is 3.72. The number of nitrogens with one attached hydrogen (secondary N) is 1. The molecular weight excluding hydrogens is 472 g/mol. The molecule has 0 bridgehead atoms. The number of halogens is 1. The molecule has 4 rings (SSSR count). The van der Waals surface area contributed by atoms with Crippen molar-refractivity contribution in [1.29, 1.82) is 0 Å². The molecule has 2 aliphatic rings. The van der Waals surface area contributed by atoms with Crippen LogP contribution in [0, 0.1) is 6.92 Å². The number of anilines is 1. The summed E-state index contributed by atoms with van der Waals surface area (Å²) in [5.41, 5.74) is 2.06. The van der Waals surface area contributed by atoms with Gasteiger partial charge < -0.3 is 10.1 Å². The van der Waals surface area contributed by atoms with Crippen LogP contribution < -0.4 is 14.4 Å². The Morgan fingerprint density at radius 1 is 1.15 bits per heavy atom. The van der Waals surface area contributed by atoms with Crippen molar-refractivity contribution >= 4 is 33.2 Å². The van der Waals surface area contributed by atoms with E-state index in [1.807, 2.05) is 24.3 Å². The van der Waals surface area contributed by atoms with Crippen LogP contribution in [0.5, 0.6) is 5.75 Å². The van der Waals surface area contributed by atoms with E-state index in [1.54, 1.807) is 25.1 Å². The smallest absolute Gasteiger partial charge is 0.232 e. The van der Waals surface area contributed by atoms with Crippen LogP contribution in [0.1, 0.15) is 68.5 Å². The number of fused-ring (bicyclic) bond motifs is 1. The van der Waals surface area contributed by atoms with Gasteiger partial charge in [0.1, 0.15) is 11.4 Å². The molecule has 8 heteroatoms. The average molecular weight is 505 g/mol. The SMILES string of the molecule is Cc1c(Cl)cccc1N(CCCC(=O)N[C@@H]1CC2(CCCCC2)Oc2ccccc21)S(C)(=O)=O. The van der Waals surface area contributed by atoms with Gasteiger partial charge in [-0.1, -0.05) is 42.3 Å². The number of hydrogen-bond acceptors (Lipinski definition) is 4. The molecule has 2 aromatic carbocycles. The third-order valence-electron chi connectivity index (χ3n) is 6.97. The maximum Gasteiger partial charge on any atom is 0.232 e. The second-order valence-electron chi connectivity index (χ2n) is 9.53. The van der Waals surface area contributed by atoms with Crippen molar-refractivity contribution in [1.82, 2.24) is 5.32 Å². The Labute approximate surface area is 207 Å². The molecule has 0 saturated heterocycles. The molecule has 0 unspecified atom stereocenters. The summed E-state index contributed by atoms with van der Waals surface area (Å²) in [5.74, 6) is 0.782. The lowest BCUT2D eigenvalue weighted by Crippen LogP contribution is -2.46. The number of sulfonamides is 1. The standard InChI is InChI=1S/C26H33ClN2O4S/c1-19-21(27)11-8-12-23(19)29(34(2,31)32)17-9-14-25(30)28-22-18-26(15-6-3-7-16-26)33-24-13-5-4-10-20(22)24/h4-5,8,10-13,22H,3,6-7,9,14-18H2,1-2H3,(H,28,30)/t22-/m1/s1. The summed E-state index contributed by atoms with van der Waals surface area (Å²) in [6, 6.07) is 13.1. The van der Waals surface area contributed by atoms with Crippen LogP contribution in [0.15, 0.2) is 42.5 Å². The first-order valence-electron chi connectivity index (χ1n) is 12.0. The molecular formula is C26H33ClN2O4S. The van der Waals surface area contributed by atoms with E-state index in [0.29, 0.717) is 22.7 Å². The summed E-state index contributed by atoms with van der Waals surface area (Å²) in [4.78, 5) is 12.9. The highest BCUT2D eigenvalue weighted by molar-refractivity contribution is 7.92. The molecule has 2 aromatic rings. The van der Waals surface area contributed by atoms with Crippen molar-refractivity contribution in [3.63, 3.8) is 0 Å². The summed E-state index contributed by atoms with van der Waals surface area (Å²) in [7, 11) is -3.51. The van der Waals surface area contributed by atoms with Crippen LogP contribution >= 0.6 is 11.6 Å². The van der Waals surface area contributed by atoms with E-state index in [1.165, 1.54) is 17.0 Å². The van der Waals surface area contributed by atoms with Crippen molar-refractivity contribution in [3.05, 3.63) is 58.6 Å². The summed E-state index contributed by atoms with van der Waals surface area (Å²) >= 11 is 6.21. The monoisotopic (exact) mass is 504 g/mol. The Morgan fingerprint density at radius 2 is 1.88 bits per heavy atom. The summed E-state index contributed by atoms with van der Waals surface area (Å²) < 4.78 is 32.7. The molecule has 0 radical (unpaired) electrons. The maximum atomic E-state index is 12.9. The van der Waals surface area contributed by atoms with Crippen molar-refractivity contribution in [2.75, 3.05) is 17.1 Å². The molecule has 1 amide bonds. The molecule has 184 valence electrons. The van der Waals surface area contributed by atoms with Crippen molar-refractivity contribution in [3.8, 4) is 5.75 Å².